The smallest absolute Gasteiger partial charge is 0.263 e. The normalized spacial score (nSPS) is 13.7. The van der Waals surface area contributed by atoms with Crippen LogP contribution in [0.3, 0.4) is 0 Å². The highest BCUT2D eigenvalue weighted by atomic mass is 32.2. The lowest BCUT2D eigenvalue weighted by atomic mass is 10.0. The zero-order valence-electron chi connectivity index (χ0n) is 15.6. The molecule has 0 unspecified atom stereocenters. The molecule has 0 radical (unpaired) electrons. The maximum atomic E-state index is 12.7. The molecule has 1 aromatic heterocycles. The molecule has 146 valence electrons. The third-order valence-electron chi connectivity index (χ3n) is 4.37. The van der Waals surface area contributed by atoms with Gasteiger partial charge < -0.3 is 9.64 Å². The van der Waals surface area contributed by atoms with Crippen molar-refractivity contribution in [1.29, 1.82) is 0 Å². The summed E-state index contributed by atoms with van der Waals surface area (Å²) in [6, 6.07) is 4.57. The second-order valence-corrected chi connectivity index (χ2v) is 9.47. The number of nitrogens with one attached hydrogen (secondary N) is 1. The van der Waals surface area contributed by atoms with Crippen molar-refractivity contribution in [3.8, 4) is 5.75 Å². The van der Waals surface area contributed by atoms with Crippen molar-refractivity contribution in [2.75, 3.05) is 25.4 Å². The van der Waals surface area contributed by atoms with Crippen molar-refractivity contribution in [3.05, 3.63) is 34.3 Å². The molecule has 2 aromatic rings. The number of nitrogens with zero attached hydrogens (tertiary/aromatic N) is 2. The van der Waals surface area contributed by atoms with E-state index in [0.717, 1.165) is 31.4 Å². The van der Waals surface area contributed by atoms with Gasteiger partial charge in [0.1, 0.15) is 5.75 Å². The molecule has 3 rings (SSSR count). The van der Waals surface area contributed by atoms with E-state index in [4.69, 9.17) is 4.74 Å². The number of sulfonamides is 1. The zero-order valence-corrected chi connectivity index (χ0v) is 17.2. The number of aryl methyl sites for hydroxylation is 3. The van der Waals surface area contributed by atoms with Crippen LogP contribution in [0.4, 0.5) is 5.13 Å². The maximum absolute atomic E-state index is 12.7. The first-order chi connectivity index (χ1) is 12.8. The molecule has 1 aliphatic carbocycles. The number of carbonyl (C=O) groups is 1. The summed E-state index contributed by atoms with van der Waals surface area (Å²) in [6.45, 7) is 1.65. The summed E-state index contributed by atoms with van der Waals surface area (Å²) < 4.78 is 33.4. The van der Waals surface area contributed by atoms with Gasteiger partial charge in [0.15, 0.2) is 11.7 Å². The summed E-state index contributed by atoms with van der Waals surface area (Å²) in [7, 11) is -0.431. The Morgan fingerprint density at radius 3 is 2.70 bits per heavy atom. The van der Waals surface area contributed by atoms with E-state index in [0.29, 0.717) is 16.4 Å². The lowest BCUT2D eigenvalue weighted by Gasteiger charge is -2.13. The van der Waals surface area contributed by atoms with Crippen LogP contribution in [-0.2, 0) is 27.7 Å². The van der Waals surface area contributed by atoms with Gasteiger partial charge in [-0.3, -0.25) is 9.52 Å². The summed E-state index contributed by atoms with van der Waals surface area (Å²) >= 11 is 1.41. The molecule has 0 aliphatic heterocycles. The molecular weight excluding hydrogens is 386 g/mol. The summed E-state index contributed by atoms with van der Waals surface area (Å²) in [5.74, 6) is 0.314. The fraction of sp³-hybridized carbons (Fsp3) is 0.444. The molecular formula is C18H23N3O4S2. The third kappa shape index (κ3) is 4.59. The molecule has 9 heteroatoms. The van der Waals surface area contributed by atoms with Crippen LogP contribution in [0.25, 0.3) is 0 Å². The van der Waals surface area contributed by atoms with Gasteiger partial charge in [-0.25, -0.2) is 13.4 Å². The zero-order chi connectivity index (χ0) is 19.6. The minimum absolute atomic E-state index is 0.0944. The number of thiazole rings is 1. The monoisotopic (exact) mass is 409 g/mol. The van der Waals surface area contributed by atoms with Crippen LogP contribution in [0.1, 0.15) is 29.0 Å². The third-order valence-corrected chi connectivity index (χ3v) is 6.91. The van der Waals surface area contributed by atoms with Gasteiger partial charge >= 0.3 is 0 Å². The molecule has 7 nitrogen and oxygen atoms in total. The van der Waals surface area contributed by atoms with E-state index < -0.39 is 10.0 Å². The van der Waals surface area contributed by atoms with E-state index in [-0.39, 0.29) is 17.4 Å². The molecule has 1 aromatic carbocycles. The number of rotatable bonds is 6. The van der Waals surface area contributed by atoms with Crippen LogP contribution >= 0.6 is 11.3 Å². The van der Waals surface area contributed by atoms with Crippen molar-refractivity contribution in [1.82, 2.24) is 9.88 Å². The van der Waals surface area contributed by atoms with Gasteiger partial charge in [-0.1, -0.05) is 0 Å². The maximum Gasteiger partial charge on any atom is 0.263 e. The Bertz CT molecular complexity index is 928. The standard InChI is InChI=1S/C18H23N3O4S2/c1-12-10-13(8-9-15(12)25-11-17(22)21(2)3)27(23,24)20-18-19-14-6-4-5-7-16(14)26-18/h8-10H,4-7,11H2,1-3H3,(H,19,20). The SMILES string of the molecule is Cc1cc(S(=O)(=O)Nc2nc3c(s2)CCCC3)ccc1OCC(=O)N(C)C. The number of hydrogen-bond acceptors (Lipinski definition) is 6. The van der Waals surface area contributed by atoms with Crippen LogP contribution in [0, 0.1) is 6.92 Å². The topological polar surface area (TPSA) is 88.6 Å². The second kappa shape index (κ2) is 7.85. The molecule has 0 bridgehead atoms. The molecule has 1 amide bonds. The summed E-state index contributed by atoms with van der Waals surface area (Å²) in [5.41, 5.74) is 1.65. The van der Waals surface area contributed by atoms with Gasteiger partial charge in [0.2, 0.25) is 0 Å². The Kier molecular flexibility index (Phi) is 5.71. The van der Waals surface area contributed by atoms with E-state index in [2.05, 4.69) is 9.71 Å². The Balaban J connectivity index is 1.73. The van der Waals surface area contributed by atoms with Crippen molar-refractivity contribution in [3.63, 3.8) is 0 Å². The van der Waals surface area contributed by atoms with E-state index >= 15 is 0 Å². The number of amides is 1. The molecule has 0 fully saturated rings. The number of benzene rings is 1. The van der Waals surface area contributed by atoms with E-state index in [1.807, 2.05) is 0 Å². The van der Waals surface area contributed by atoms with E-state index in [9.17, 15) is 13.2 Å². The largest absolute Gasteiger partial charge is 0.483 e. The van der Waals surface area contributed by atoms with Gasteiger partial charge in [-0.05, 0) is 56.4 Å². The first kappa shape index (κ1) is 19.6. The van der Waals surface area contributed by atoms with Crippen molar-refractivity contribution >= 4 is 32.4 Å². The molecule has 0 spiro atoms. The highest BCUT2D eigenvalue weighted by Gasteiger charge is 2.21. The highest BCUT2D eigenvalue weighted by Crippen LogP contribution is 2.31. The molecule has 0 saturated heterocycles. The first-order valence-electron chi connectivity index (χ1n) is 8.71. The van der Waals surface area contributed by atoms with Gasteiger partial charge in [-0.2, -0.15) is 0 Å². The van der Waals surface area contributed by atoms with Crippen molar-refractivity contribution in [2.45, 2.75) is 37.5 Å². The quantitative estimate of drug-likeness (QED) is 0.792. The van der Waals surface area contributed by atoms with Gasteiger partial charge in [0, 0.05) is 19.0 Å². The Morgan fingerprint density at radius 1 is 1.30 bits per heavy atom. The Morgan fingerprint density at radius 2 is 2.04 bits per heavy atom. The number of hydrogen-bond donors (Lipinski definition) is 1. The fourth-order valence-corrected chi connectivity index (χ4v) is 5.16. The average Bonchev–Trinajstić information content (AvgIpc) is 3.01. The predicted octanol–water partition coefficient (Wildman–Crippen LogP) is 2.60. The molecule has 1 heterocycles. The molecule has 0 atom stereocenters. The van der Waals surface area contributed by atoms with Crippen LogP contribution in [0.5, 0.6) is 5.75 Å². The molecule has 1 aliphatic rings. The summed E-state index contributed by atoms with van der Waals surface area (Å²) in [6.07, 6.45) is 4.09. The van der Waals surface area contributed by atoms with Crippen LogP contribution < -0.4 is 9.46 Å². The van der Waals surface area contributed by atoms with Crippen molar-refractivity contribution < 1.29 is 17.9 Å². The Labute approximate surface area is 163 Å². The number of carbonyl (C=O) groups excluding carboxylic acids is 1. The fourth-order valence-electron chi connectivity index (χ4n) is 2.79. The van der Waals surface area contributed by atoms with Gasteiger partial charge in [0.25, 0.3) is 15.9 Å². The highest BCUT2D eigenvalue weighted by molar-refractivity contribution is 7.93. The summed E-state index contributed by atoms with van der Waals surface area (Å²) in [4.78, 5) is 18.8. The van der Waals surface area contributed by atoms with Crippen LogP contribution in [0.2, 0.25) is 0 Å². The second-order valence-electron chi connectivity index (χ2n) is 6.71. The summed E-state index contributed by atoms with van der Waals surface area (Å²) in [5, 5.41) is 0.413. The van der Waals surface area contributed by atoms with Gasteiger partial charge in [-0.15, -0.1) is 11.3 Å². The van der Waals surface area contributed by atoms with E-state index in [1.54, 1.807) is 27.1 Å². The lowest BCUT2D eigenvalue weighted by molar-refractivity contribution is -0.130. The lowest BCUT2D eigenvalue weighted by Crippen LogP contribution is -2.27. The van der Waals surface area contributed by atoms with Crippen LogP contribution in [0.15, 0.2) is 23.1 Å². The van der Waals surface area contributed by atoms with Crippen molar-refractivity contribution in [2.24, 2.45) is 0 Å². The predicted molar refractivity (Wildman–Crippen MR) is 105 cm³/mol. The van der Waals surface area contributed by atoms with Gasteiger partial charge in [0.05, 0.1) is 10.6 Å². The Hall–Kier alpha value is -2.13. The number of fused-ring (bicyclic) bond motifs is 1. The molecule has 27 heavy (non-hydrogen) atoms. The minimum atomic E-state index is -3.73. The number of ether oxygens (including phenoxy) is 1. The average molecular weight is 410 g/mol. The number of aromatic nitrogens is 1. The molecule has 1 N–H and O–H groups in total. The van der Waals surface area contributed by atoms with E-state index in [1.165, 1.54) is 33.2 Å². The number of anilines is 1. The van der Waals surface area contributed by atoms with Crippen LogP contribution in [-0.4, -0.2) is 44.9 Å². The first-order valence-corrected chi connectivity index (χ1v) is 11.0. The minimum Gasteiger partial charge on any atom is -0.483 e. The molecule has 0 saturated carbocycles. The number of likely N-dealkylation sites (N-methyl/N-ethyl adjacent to an activating group) is 1.